The summed E-state index contributed by atoms with van der Waals surface area (Å²) < 4.78 is 0. The van der Waals surface area contributed by atoms with Crippen molar-refractivity contribution < 1.29 is 9.59 Å². The molecule has 3 fully saturated rings. The maximum atomic E-state index is 14.0. The van der Waals surface area contributed by atoms with Crippen LogP contribution in [-0.4, -0.2) is 40.3 Å². The van der Waals surface area contributed by atoms with E-state index in [-0.39, 0.29) is 23.9 Å². The topological polar surface area (TPSA) is 87.8 Å². The summed E-state index contributed by atoms with van der Waals surface area (Å²) >= 11 is 0. The third-order valence-corrected chi connectivity index (χ3v) is 9.49. The molecule has 5 aliphatic rings. The molecule has 6 heteroatoms. The number of nitrogens with one attached hydrogen (secondary N) is 1. The summed E-state index contributed by atoms with van der Waals surface area (Å²) in [5.41, 5.74) is 12.5. The normalized spacial score (nSPS) is 33.4. The second-order valence-corrected chi connectivity index (χ2v) is 12.2. The van der Waals surface area contributed by atoms with Gasteiger partial charge in [0.15, 0.2) is 5.96 Å². The standard InChI is InChI=1S/C31H44N4O2/c1-2-25-20-27(25)35-29(37)31(34-30(35)32,17-16-22-10-5-3-6-11-22)21-24-14-9-15-26(18-24)33-28(36)19-23-12-7-4-8-13-23/h7,12-13,22,24-27H,2-3,5-6,9-11,14-21H2,1H3,(H2,32,34)(H,33,36)/t24-,25?,26+,27?,31+/m0/s1. The van der Waals surface area contributed by atoms with Crippen molar-refractivity contribution in [2.75, 3.05) is 0 Å². The van der Waals surface area contributed by atoms with Crippen molar-refractivity contribution in [1.82, 2.24) is 10.2 Å². The van der Waals surface area contributed by atoms with Crippen LogP contribution in [0.4, 0.5) is 0 Å². The first kappa shape index (κ1) is 26.1. The van der Waals surface area contributed by atoms with Crippen molar-refractivity contribution in [3.8, 4) is 0 Å². The summed E-state index contributed by atoms with van der Waals surface area (Å²) in [6.07, 6.45) is 21.3. The SMILES string of the molecule is CCC1CC1N1C(=O)[C@@](CCC2CCCCC2)(C[C@H]2CCC[C@@H](NC(=O)CC3=CC=C=C=C3)C2)N=C1N. The van der Waals surface area contributed by atoms with E-state index in [4.69, 9.17) is 10.7 Å². The van der Waals surface area contributed by atoms with Crippen molar-refractivity contribution in [3.05, 3.63) is 35.3 Å². The van der Waals surface area contributed by atoms with Crippen molar-refractivity contribution in [2.24, 2.45) is 28.5 Å². The van der Waals surface area contributed by atoms with E-state index in [1.165, 1.54) is 32.1 Å². The molecule has 0 aromatic heterocycles. The molecule has 0 aromatic rings. The molecule has 5 rings (SSSR count). The number of carbonyl (C=O) groups is 2. The molecule has 0 bridgehead atoms. The third kappa shape index (κ3) is 6.13. The molecule has 3 N–H and O–H groups in total. The maximum absolute atomic E-state index is 14.0. The highest BCUT2D eigenvalue weighted by molar-refractivity contribution is 6.07. The summed E-state index contributed by atoms with van der Waals surface area (Å²) in [6.45, 7) is 2.19. The molecule has 0 aromatic carbocycles. The molecular formula is C31H44N4O2. The van der Waals surface area contributed by atoms with Gasteiger partial charge in [0.2, 0.25) is 5.91 Å². The van der Waals surface area contributed by atoms with E-state index in [2.05, 4.69) is 23.7 Å². The molecule has 3 saturated carbocycles. The number of guanidine groups is 1. The highest BCUT2D eigenvalue weighted by Gasteiger charge is 2.55. The number of rotatable bonds is 10. The number of amides is 2. The average molecular weight is 505 g/mol. The fourth-order valence-corrected chi connectivity index (χ4v) is 7.31. The summed E-state index contributed by atoms with van der Waals surface area (Å²) in [4.78, 5) is 33.6. The second-order valence-electron chi connectivity index (χ2n) is 12.2. The van der Waals surface area contributed by atoms with Crippen LogP contribution in [0.25, 0.3) is 0 Å². The molecule has 2 unspecified atom stereocenters. The summed E-state index contributed by atoms with van der Waals surface area (Å²) in [5, 5.41) is 3.27. The predicted molar refractivity (Wildman–Crippen MR) is 147 cm³/mol. The van der Waals surface area contributed by atoms with E-state index in [0.29, 0.717) is 30.1 Å². The lowest BCUT2D eigenvalue weighted by Gasteiger charge is -2.36. The lowest BCUT2D eigenvalue weighted by molar-refractivity contribution is -0.133. The first-order chi connectivity index (χ1) is 18.0. The van der Waals surface area contributed by atoms with Gasteiger partial charge >= 0.3 is 0 Å². The summed E-state index contributed by atoms with van der Waals surface area (Å²) in [5.74, 6) is 2.30. The van der Waals surface area contributed by atoms with E-state index in [1.807, 2.05) is 17.1 Å². The second kappa shape index (κ2) is 11.5. The van der Waals surface area contributed by atoms with E-state index < -0.39 is 5.54 Å². The highest BCUT2D eigenvalue weighted by atomic mass is 16.2. The minimum Gasteiger partial charge on any atom is -0.369 e. The zero-order valence-electron chi connectivity index (χ0n) is 22.5. The molecule has 5 atom stereocenters. The Morgan fingerprint density at radius 2 is 1.95 bits per heavy atom. The van der Waals surface area contributed by atoms with E-state index in [0.717, 1.165) is 63.4 Å². The zero-order chi connectivity index (χ0) is 25.8. The Bertz CT molecular complexity index is 1040. The first-order valence-corrected chi connectivity index (χ1v) is 14.8. The summed E-state index contributed by atoms with van der Waals surface area (Å²) in [6, 6.07) is 0.395. The molecule has 0 radical (unpaired) electrons. The summed E-state index contributed by atoms with van der Waals surface area (Å²) in [7, 11) is 0. The third-order valence-electron chi connectivity index (χ3n) is 9.49. The Morgan fingerprint density at radius 3 is 2.68 bits per heavy atom. The van der Waals surface area contributed by atoms with Gasteiger partial charge in [0.1, 0.15) is 5.54 Å². The fraction of sp³-hybridized carbons (Fsp3) is 0.710. The smallest absolute Gasteiger partial charge is 0.257 e. The van der Waals surface area contributed by atoms with Gasteiger partial charge in [-0.05, 0) is 80.1 Å². The highest BCUT2D eigenvalue weighted by Crippen LogP contribution is 2.46. The van der Waals surface area contributed by atoms with Crippen LogP contribution < -0.4 is 11.1 Å². The number of allylic oxidation sites excluding steroid dienone is 3. The predicted octanol–water partition coefficient (Wildman–Crippen LogP) is 5.30. The van der Waals surface area contributed by atoms with E-state index in [1.54, 1.807) is 6.08 Å². The average Bonchev–Trinajstić information content (AvgIpc) is 3.63. The van der Waals surface area contributed by atoms with Crippen molar-refractivity contribution in [1.29, 1.82) is 0 Å². The van der Waals surface area contributed by atoms with Gasteiger partial charge in [0.05, 0.1) is 6.42 Å². The van der Waals surface area contributed by atoms with Crippen LogP contribution >= 0.6 is 0 Å². The van der Waals surface area contributed by atoms with Crippen molar-refractivity contribution in [3.63, 3.8) is 0 Å². The number of carbonyl (C=O) groups excluding carboxylic acids is 2. The number of hydrogen-bond acceptors (Lipinski definition) is 4. The Labute approximate surface area is 222 Å². The lowest BCUT2D eigenvalue weighted by atomic mass is 9.74. The molecule has 0 spiro atoms. The molecule has 2 amide bonds. The van der Waals surface area contributed by atoms with E-state index in [9.17, 15) is 9.59 Å². The van der Waals surface area contributed by atoms with Crippen LogP contribution in [0.3, 0.4) is 0 Å². The largest absolute Gasteiger partial charge is 0.369 e. The minimum atomic E-state index is -0.713. The molecule has 1 heterocycles. The van der Waals surface area contributed by atoms with Crippen LogP contribution in [0.1, 0.15) is 103 Å². The Hall–Kier alpha value is -2.55. The lowest BCUT2D eigenvalue weighted by Crippen LogP contribution is -2.48. The molecule has 200 valence electrons. The maximum Gasteiger partial charge on any atom is 0.257 e. The van der Waals surface area contributed by atoms with Crippen LogP contribution in [0.15, 0.2) is 40.3 Å². The van der Waals surface area contributed by atoms with Gasteiger partial charge in [-0.3, -0.25) is 14.5 Å². The number of nitrogens with zero attached hydrogens (tertiary/aromatic N) is 2. The first-order valence-electron chi connectivity index (χ1n) is 14.8. The Morgan fingerprint density at radius 1 is 1.14 bits per heavy atom. The molecule has 4 aliphatic carbocycles. The van der Waals surface area contributed by atoms with Gasteiger partial charge < -0.3 is 11.1 Å². The van der Waals surface area contributed by atoms with Crippen molar-refractivity contribution >= 4 is 17.8 Å². The molecule has 0 saturated heterocycles. The monoisotopic (exact) mass is 504 g/mol. The molecule has 1 aliphatic heterocycles. The van der Waals surface area contributed by atoms with Gasteiger partial charge in [-0.15, -0.1) is 0 Å². The van der Waals surface area contributed by atoms with Gasteiger partial charge in [-0.2, -0.15) is 0 Å². The van der Waals surface area contributed by atoms with Gasteiger partial charge in [0, 0.05) is 12.1 Å². The Kier molecular flexibility index (Phi) is 8.07. The van der Waals surface area contributed by atoms with E-state index >= 15 is 0 Å². The minimum absolute atomic E-state index is 0.0574. The molecule has 37 heavy (non-hydrogen) atoms. The van der Waals surface area contributed by atoms with Gasteiger partial charge in [0.25, 0.3) is 5.91 Å². The molecule has 6 nitrogen and oxygen atoms in total. The zero-order valence-corrected chi connectivity index (χ0v) is 22.5. The quantitative estimate of drug-likeness (QED) is 0.396. The van der Waals surface area contributed by atoms with Crippen molar-refractivity contribution in [2.45, 2.75) is 121 Å². The van der Waals surface area contributed by atoms with Crippen LogP contribution in [0.5, 0.6) is 0 Å². The number of hydrogen-bond donors (Lipinski definition) is 2. The van der Waals surface area contributed by atoms with Gasteiger partial charge in [-0.25, -0.2) is 4.99 Å². The number of nitrogens with two attached hydrogens (primary N) is 1. The van der Waals surface area contributed by atoms with Crippen LogP contribution in [-0.2, 0) is 9.59 Å². The van der Waals surface area contributed by atoms with Crippen LogP contribution in [0.2, 0.25) is 0 Å². The van der Waals surface area contributed by atoms with Crippen LogP contribution in [0, 0.1) is 17.8 Å². The fourth-order valence-electron chi connectivity index (χ4n) is 7.31. The Balaban J connectivity index is 1.24. The van der Waals surface area contributed by atoms with Gasteiger partial charge in [-0.1, -0.05) is 69.8 Å². The molecular weight excluding hydrogens is 460 g/mol. The number of aliphatic imine (C=N–C) groups is 1.